The summed E-state index contributed by atoms with van der Waals surface area (Å²) in [5, 5.41) is 2.27. The summed E-state index contributed by atoms with van der Waals surface area (Å²) in [6.45, 7) is 1.12. The van der Waals surface area contributed by atoms with Crippen LogP contribution < -0.4 is 15.5 Å². The molecule has 39 heavy (non-hydrogen) atoms. The molecule has 2 aromatic carbocycles. The highest BCUT2D eigenvalue weighted by molar-refractivity contribution is 6.01. The van der Waals surface area contributed by atoms with Crippen LogP contribution in [0.3, 0.4) is 0 Å². The molecule has 1 saturated heterocycles. The number of hydrogen-bond donors (Lipinski definition) is 1. The van der Waals surface area contributed by atoms with Crippen LogP contribution in [0, 0.1) is 17.5 Å². The Kier molecular flexibility index (Phi) is 6.98. The van der Waals surface area contributed by atoms with Crippen molar-refractivity contribution in [3.63, 3.8) is 0 Å². The maximum atomic E-state index is 14.1. The molecule has 5 rings (SSSR count). The maximum Gasteiger partial charge on any atom is 0.274 e. The van der Waals surface area contributed by atoms with Crippen LogP contribution in [-0.4, -0.2) is 39.7 Å². The fourth-order valence-corrected chi connectivity index (χ4v) is 4.90. The minimum atomic E-state index is -1.20. The summed E-state index contributed by atoms with van der Waals surface area (Å²) in [5.41, 5.74) is -1.43. The molecule has 3 aromatic rings. The molecule has 2 atom stereocenters. The molecular weight excluding hydrogens is 515 g/mol. The van der Waals surface area contributed by atoms with Crippen molar-refractivity contribution in [2.45, 2.75) is 45.0 Å². The highest BCUT2D eigenvalue weighted by Crippen LogP contribution is 2.33. The number of nitrogens with one attached hydrogen (secondary N) is 1. The first kappa shape index (κ1) is 26.2. The quantitative estimate of drug-likeness (QED) is 0.517. The van der Waals surface area contributed by atoms with Crippen LogP contribution in [0.15, 0.2) is 53.5 Å². The van der Waals surface area contributed by atoms with Gasteiger partial charge >= 0.3 is 0 Å². The van der Waals surface area contributed by atoms with Crippen molar-refractivity contribution < 1.29 is 32.3 Å². The van der Waals surface area contributed by atoms with Gasteiger partial charge in [0.15, 0.2) is 17.2 Å². The normalized spacial score (nSPS) is 18.4. The smallest absolute Gasteiger partial charge is 0.274 e. The second kappa shape index (κ2) is 10.4. The van der Waals surface area contributed by atoms with Crippen LogP contribution in [-0.2, 0) is 17.9 Å². The van der Waals surface area contributed by atoms with Crippen molar-refractivity contribution in [1.29, 1.82) is 0 Å². The number of carbonyl (C=O) groups is 3. The van der Waals surface area contributed by atoms with E-state index >= 15 is 0 Å². The standard InChI is InChI=1S/C28H24F3N3O5/c1-15-7-8-23(35)22-13-33(15)28(38)24-26(39-14-16-5-3-2-4-6-16)25(36)19(12-34(22)24)27(37)32-11-18-20(30)9-17(29)10-21(18)31/h2-6,9-10,12,15,22H,7-8,11,13-14H2,1H3,(H,32,37)/t15?,22-/m1/s1. The molecule has 1 fully saturated rings. The first-order valence-corrected chi connectivity index (χ1v) is 12.4. The Hall–Kier alpha value is -4.41. The second-order valence-corrected chi connectivity index (χ2v) is 9.59. The van der Waals surface area contributed by atoms with E-state index < -0.39 is 64.2 Å². The first-order chi connectivity index (χ1) is 18.7. The molecule has 2 aliphatic heterocycles. The number of rotatable bonds is 6. The van der Waals surface area contributed by atoms with Crippen molar-refractivity contribution in [1.82, 2.24) is 14.8 Å². The molecule has 3 heterocycles. The molecule has 2 amide bonds. The van der Waals surface area contributed by atoms with Crippen molar-refractivity contribution >= 4 is 17.6 Å². The number of nitrogens with zero attached hydrogens (tertiary/aromatic N) is 2. The summed E-state index contributed by atoms with van der Waals surface area (Å²) in [6, 6.07) is 8.70. The van der Waals surface area contributed by atoms with Gasteiger partial charge in [-0.3, -0.25) is 19.2 Å². The van der Waals surface area contributed by atoms with Gasteiger partial charge in [0.1, 0.15) is 35.7 Å². The van der Waals surface area contributed by atoms with Crippen molar-refractivity contribution in [2.75, 3.05) is 6.54 Å². The van der Waals surface area contributed by atoms with E-state index in [2.05, 4.69) is 5.32 Å². The van der Waals surface area contributed by atoms with Gasteiger partial charge < -0.3 is 19.5 Å². The summed E-state index contributed by atoms with van der Waals surface area (Å²) < 4.78 is 48.6. The molecule has 2 bridgehead atoms. The highest BCUT2D eigenvalue weighted by Gasteiger charge is 2.42. The zero-order valence-electron chi connectivity index (χ0n) is 20.9. The number of ether oxygens (including phenoxy) is 1. The molecule has 0 saturated carbocycles. The predicted molar refractivity (Wildman–Crippen MR) is 133 cm³/mol. The van der Waals surface area contributed by atoms with E-state index in [-0.39, 0.29) is 37.1 Å². The Morgan fingerprint density at radius 1 is 1.08 bits per heavy atom. The number of fused-ring (bicyclic) bond motifs is 4. The fraction of sp³-hybridized carbons (Fsp3) is 0.286. The van der Waals surface area contributed by atoms with Crippen LogP contribution in [0.4, 0.5) is 13.2 Å². The number of carbonyl (C=O) groups excluding carboxylic acids is 3. The van der Waals surface area contributed by atoms with Crippen LogP contribution in [0.2, 0.25) is 0 Å². The van der Waals surface area contributed by atoms with Crippen LogP contribution in [0.1, 0.15) is 57.8 Å². The average molecular weight is 540 g/mol. The molecule has 0 aliphatic carbocycles. The van der Waals surface area contributed by atoms with Gasteiger partial charge in [-0.05, 0) is 18.9 Å². The topological polar surface area (TPSA) is 97.7 Å². The number of halogens is 3. The van der Waals surface area contributed by atoms with E-state index in [9.17, 15) is 32.3 Å². The lowest BCUT2D eigenvalue weighted by molar-refractivity contribution is -0.122. The van der Waals surface area contributed by atoms with Gasteiger partial charge in [0.2, 0.25) is 5.43 Å². The van der Waals surface area contributed by atoms with E-state index in [0.717, 1.165) is 6.20 Å². The SMILES string of the molecule is CC1CCC(=O)[C@H]2CN1C(=O)c1c(OCc3ccccc3)c(=O)c(C(=O)NCc3c(F)cc(F)cc3F)cn12. The fourth-order valence-electron chi connectivity index (χ4n) is 4.90. The lowest BCUT2D eigenvalue weighted by Gasteiger charge is -2.36. The van der Waals surface area contributed by atoms with Gasteiger partial charge in [-0.25, -0.2) is 13.2 Å². The molecule has 202 valence electrons. The molecule has 2 aliphatic rings. The third kappa shape index (κ3) is 4.91. The summed E-state index contributed by atoms with van der Waals surface area (Å²) in [7, 11) is 0. The number of pyridine rings is 1. The van der Waals surface area contributed by atoms with E-state index in [1.165, 1.54) is 9.47 Å². The molecule has 1 N–H and O–H groups in total. The number of Topliss-reactive ketones (excluding diaryl/α,β-unsaturated/α-hetero) is 1. The zero-order valence-corrected chi connectivity index (χ0v) is 20.9. The molecule has 8 nitrogen and oxygen atoms in total. The molecule has 0 spiro atoms. The molecular formula is C28H24F3N3O5. The van der Waals surface area contributed by atoms with E-state index in [1.54, 1.807) is 30.3 Å². The lowest BCUT2D eigenvalue weighted by Crippen LogP contribution is -2.48. The van der Waals surface area contributed by atoms with Crippen LogP contribution in [0.5, 0.6) is 5.75 Å². The Balaban J connectivity index is 1.57. The highest BCUT2D eigenvalue weighted by atomic mass is 19.1. The van der Waals surface area contributed by atoms with Gasteiger partial charge in [-0.2, -0.15) is 0 Å². The van der Waals surface area contributed by atoms with E-state index in [1.807, 2.05) is 6.92 Å². The Bertz CT molecular complexity index is 1520. The monoisotopic (exact) mass is 539 g/mol. The zero-order chi connectivity index (χ0) is 27.8. The predicted octanol–water partition coefficient (Wildman–Crippen LogP) is 3.52. The Morgan fingerprint density at radius 2 is 1.77 bits per heavy atom. The summed E-state index contributed by atoms with van der Waals surface area (Å²) in [6.07, 6.45) is 1.77. The van der Waals surface area contributed by atoms with Gasteiger partial charge in [-0.15, -0.1) is 0 Å². The van der Waals surface area contributed by atoms with Crippen LogP contribution >= 0.6 is 0 Å². The number of aromatic nitrogens is 1. The minimum Gasteiger partial charge on any atom is -0.483 e. The second-order valence-electron chi connectivity index (χ2n) is 9.59. The number of ketones is 1. The van der Waals surface area contributed by atoms with E-state index in [4.69, 9.17) is 4.74 Å². The Labute approximate surface area is 221 Å². The van der Waals surface area contributed by atoms with Gasteiger partial charge in [0.25, 0.3) is 11.8 Å². The average Bonchev–Trinajstić information content (AvgIpc) is 3.03. The largest absolute Gasteiger partial charge is 0.483 e. The third-order valence-corrected chi connectivity index (χ3v) is 7.08. The maximum absolute atomic E-state index is 14.1. The van der Waals surface area contributed by atoms with Crippen molar-refractivity contribution in [2.24, 2.45) is 0 Å². The number of benzene rings is 2. The van der Waals surface area contributed by atoms with Crippen molar-refractivity contribution in [3.8, 4) is 5.75 Å². The molecule has 11 heteroatoms. The molecule has 1 aromatic heterocycles. The third-order valence-electron chi connectivity index (χ3n) is 7.08. The first-order valence-electron chi connectivity index (χ1n) is 12.4. The lowest BCUT2D eigenvalue weighted by atomic mass is 10.0. The van der Waals surface area contributed by atoms with E-state index in [0.29, 0.717) is 24.1 Å². The van der Waals surface area contributed by atoms with Gasteiger partial charge in [-0.1, -0.05) is 30.3 Å². The van der Waals surface area contributed by atoms with Gasteiger partial charge in [0.05, 0.1) is 0 Å². The minimum absolute atomic E-state index is 0.0693. The summed E-state index contributed by atoms with van der Waals surface area (Å²) >= 11 is 0. The number of amides is 2. The number of hydrogen-bond acceptors (Lipinski definition) is 5. The summed E-state index contributed by atoms with van der Waals surface area (Å²) in [5.74, 6) is -5.60. The molecule has 1 unspecified atom stereocenters. The van der Waals surface area contributed by atoms with Crippen LogP contribution in [0.25, 0.3) is 0 Å². The summed E-state index contributed by atoms with van der Waals surface area (Å²) in [4.78, 5) is 54.8. The van der Waals surface area contributed by atoms with Crippen molar-refractivity contribution in [3.05, 3.63) is 98.7 Å². The molecule has 0 radical (unpaired) electrons. The Morgan fingerprint density at radius 3 is 2.46 bits per heavy atom. The van der Waals surface area contributed by atoms with Gasteiger partial charge in [0, 0.05) is 49.4 Å².